The summed E-state index contributed by atoms with van der Waals surface area (Å²) in [5.41, 5.74) is 4.10. The van der Waals surface area contributed by atoms with Crippen molar-refractivity contribution in [3.63, 3.8) is 0 Å². The van der Waals surface area contributed by atoms with Gasteiger partial charge in [0.1, 0.15) is 0 Å². The highest BCUT2D eigenvalue weighted by atomic mass is 16.5. The standard InChI is InChI=1S/C23H26N4O2/c1-16-6-3-8-18(12-16)22-25-21(29-26-22)15-27-11-5-9-19(14-27)23(28)24-20-10-4-7-17(2)13-20/h3-4,6-8,10,12-13,19H,5,9,11,14-15H2,1-2H3,(H,24,28). The number of hydrogen-bond donors (Lipinski definition) is 1. The Morgan fingerprint density at radius 1 is 1.17 bits per heavy atom. The van der Waals surface area contributed by atoms with Crippen LogP contribution >= 0.6 is 0 Å². The molecule has 1 aromatic heterocycles. The first-order valence-electron chi connectivity index (χ1n) is 10.1. The number of aryl methyl sites for hydroxylation is 2. The zero-order chi connectivity index (χ0) is 20.2. The summed E-state index contributed by atoms with van der Waals surface area (Å²) in [4.78, 5) is 19.5. The van der Waals surface area contributed by atoms with E-state index >= 15 is 0 Å². The minimum absolute atomic E-state index is 0.0385. The molecule has 1 amide bonds. The van der Waals surface area contributed by atoms with Crippen molar-refractivity contribution in [1.82, 2.24) is 15.0 Å². The molecule has 2 aromatic carbocycles. The molecule has 1 N–H and O–H groups in total. The molecule has 1 unspecified atom stereocenters. The molecular formula is C23H26N4O2. The molecule has 0 radical (unpaired) electrons. The highest BCUT2D eigenvalue weighted by molar-refractivity contribution is 5.92. The molecule has 4 rings (SSSR count). The van der Waals surface area contributed by atoms with E-state index in [1.165, 1.54) is 0 Å². The van der Waals surface area contributed by atoms with Crippen LogP contribution in [-0.2, 0) is 11.3 Å². The summed E-state index contributed by atoms with van der Waals surface area (Å²) in [6.45, 7) is 6.25. The zero-order valence-corrected chi connectivity index (χ0v) is 16.9. The molecule has 150 valence electrons. The molecule has 6 heteroatoms. The molecule has 6 nitrogen and oxygen atoms in total. The fourth-order valence-corrected chi connectivity index (χ4v) is 3.79. The second kappa shape index (κ2) is 8.57. The highest BCUT2D eigenvalue weighted by Crippen LogP contribution is 2.22. The molecule has 1 fully saturated rings. The van der Waals surface area contributed by atoms with Crippen molar-refractivity contribution in [3.8, 4) is 11.4 Å². The van der Waals surface area contributed by atoms with Gasteiger partial charge in [-0.15, -0.1) is 0 Å². The third kappa shape index (κ3) is 4.90. The number of benzene rings is 2. The zero-order valence-electron chi connectivity index (χ0n) is 16.9. The predicted octanol–water partition coefficient (Wildman–Crippen LogP) is 4.20. The first kappa shape index (κ1) is 19.3. The molecule has 3 aromatic rings. The molecule has 1 aliphatic heterocycles. The Hall–Kier alpha value is -2.99. The van der Waals surface area contributed by atoms with Crippen LogP contribution in [-0.4, -0.2) is 34.0 Å². The summed E-state index contributed by atoms with van der Waals surface area (Å²) >= 11 is 0. The Bertz CT molecular complexity index is 998. The molecule has 1 saturated heterocycles. The van der Waals surface area contributed by atoms with Gasteiger partial charge >= 0.3 is 0 Å². The smallest absolute Gasteiger partial charge is 0.241 e. The lowest BCUT2D eigenvalue weighted by molar-refractivity contribution is -0.121. The molecule has 0 saturated carbocycles. The fraction of sp³-hybridized carbons (Fsp3) is 0.348. The number of hydrogen-bond acceptors (Lipinski definition) is 5. The van der Waals surface area contributed by atoms with E-state index in [1.54, 1.807) is 0 Å². The Morgan fingerprint density at radius 3 is 2.76 bits per heavy atom. The van der Waals surface area contributed by atoms with Crippen molar-refractivity contribution in [2.75, 3.05) is 18.4 Å². The highest BCUT2D eigenvalue weighted by Gasteiger charge is 2.27. The number of piperidine rings is 1. The van der Waals surface area contributed by atoms with Crippen molar-refractivity contribution in [2.45, 2.75) is 33.2 Å². The van der Waals surface area contributed by atoms with E-state index in [2.05, 4.69) is 20.4 Å². The molecule has 0 spiro atoms. The third-order valence-corrected chi connectivity index (χ3v) is 5.27. The van der Waals surface area contributed by atoms with Crippen LogP contribution in [0.2, 0.25) is 0 Å². The Labute approximate surface area is 170 Å². The molecule has 0 aliphatic carbocycles. The third-order valence-electron chi connectivity index (χ3n) is 5.27. The van der Waals surface area contributed by atoms with Gasteiger partial charge in [-0.3, -0.25) is 9.69 Å². The normalized spacial score (nSPS) is 17.2. The second-order valence-corrected chi connectivity index (χ2v) is 7.81. The van der Waals surface area contributed by atoms with E-state index in [9.17, 15) is 4.79 Å². The molecule has 1 aliphatic rings. The summed E-state index contributed by atoms with van der Waals surface area (Å²) in [6.07, 6.45) is 1.87. The molecule has 0 bridgehead atoms. The van der Waals surface area contributed by atoms with Gasteiger partial charge in [0.2, 0.25) is 17.6 Å². The second-order valence-electron chi connectivity index (χ2n) is 7.81. The van der Waals surface area contributed by atoms with E-state index < -0.39 is 0 Å². The maximum Gasteiger partial charge on any atom is 0.241 e. The topological polar surface area (TPSA) is 71.3 Å². The number of anilines is 1. The monoisotopic (exact) mass is 390 g/mol. The number of carbonyl (C=O) groups is 1. The number of rotatable bonds is 5. The van der Waals surface area contributed by atoms with Crippen molar-refractivity contribution >= 4 is 11.6 Å². The van der Waals surface area contributed by atoms with Crippen molar-refractivity contribution < 1.29 is 9.32 Å². The summed E-state index contributed by atoms with van der Waals surface area (Å²) < 4.78 is 5.46. The molecule has 29 heavy (non-hydrogen) atoms. The average molecular weight is 390 g/mol. The van der Waals surface area contributed by atoms with Gasteiger partial charge in [-0.25, -0.2) is 0 Å². The van der Waals surface area contributed by atoms with Gasteiger partial charge in [-0.2, -0.15) is 4.98 Å². The largest absolute Gasteiger partial charge is 0.338 e. The van der Waals surface area contributed by atoms with Crippen LogP contribution in [0.3, 0.4) is 0 Å². The van der Waals surface area contributed by atoms with Gasteiger partial charge in [0.15, 0.2) is 0 Å². The maximum atomic E-state index is 12.7. The summed E-state index contributed by atoms with van der Waals surface area (Å²) in [7, 11) is 0. The maximum absolute atomic E-state index is 12.7. The fourth-order valence-electron chi connectivity index (χ4n) is 3.79. The quantitative estimate of drug-likeness (QED) is 0.707. The Kier molecular flexibility index (Phi) is 5.71. The van der Waals surface area contributed by atoms with Crippen LogP contribution in [0.15, 0.2) is 53.1 Å². The minimum Gasteiger partial charge on any atom is -0.338 e. The minimum atomic E-state index is -0.0385. The van der Waals surface area contributed by atoms with E-state index in [0.29, 0.717) is 24.8 Å². The summed E-state index contributed by atoms with van der Waals surface area (Å²) in [5.74, 6) is 1.23. The lowest BCUT2D eigenvalue weighted by Gasteiger charge is -2.30. The van der Waals surface area contributed by atoms with Crippen LogP contribution in [0.5, 0.6) is 0 Å². The van der Waals surface area contributed by atoms with Gasteiger partial charge in [0, 0.05) is 17.8 Å². The SMILES string of the molecule is Cc1cccc(NC(=O)C2CCCN(Cc3nc(-c4cccc(C)c4)no3)C2)c1. The Balaban J connectivity index is 1.37. The van der Waals surface area contributed by atoms with Gasteiger partial charge < -0.3 is 9.84 Å². The van der Waals surface area contributed by atoms with E-state index in [0.717, 1.165) is 41.8 Å². The van der Waals surface area contributed by atoms with Crippen LogP contribution in [0, 0.1) is 19.8 Å². The number of nitrogens with zero attached hydrogens (tertiary/aromatic N) is 3. The van der Waals surface area contributed by atoms with Crippen LogP contribution < -0.4 is 5.32 Å². The van der Waals surface area contributed by atoms with Crippen LogP contribution in [0.4, 0.5) is 5.69 Å². The van der Waals surface area contributed by atoms with Gasteiger partial charge in [-0.1, -0.05) is 41.1 Å². The summed E-state index contributed by atoms with van der Waals surface area (Å²) in [5, 5.41) is 7.17. The van der Waals surface area contributed by atoms with E-state index in [4.69, 9.17) is 4.52 Å². The van der Waals surface area contributed by atoms with Gasteiger partial charge in [0.05, 0.1) is 12.5 Å². The number of likely N-dealkylation sites (tertiary alicyclic amines) is 1. The number of carbonyl (C=O) groups excluding carboxylic acids is 1. The lowest BCUT2D eigenvalue weighted by atomic mass is 9.97. The molecule has 2 heterocycles. The summed E-state index contributed by atoms with van der Waals surface area (Å²) in [6, 6.07) is 16.0. The average Bonchev–Trinajstić information content (AvgIpc) is 3.17. The first-order chi connectivity index (χ1) is 14.1. The van der Waals surface area contributed by atoms with E-state index in [-0.39, 0.29) is 11.8 Å². The molecule has 1 atom stereocenters. The van der Waals surface area contributed by atoms with Crippen molar-refractivity contribution in [3.05, 3.63) is 65.5 Å². The Morgan fingerprint density at radius 2 is 1.97 bits per heavy atom. The van der Waals surface area contributed by atoms with Crippen molar-refractivity contribution in [2.24, 2.45) is 5.92 Å². The predicted molar refractivity (Wildman–Crippen MR) is 112 cm³/mol. The van der Waals surface area contributed by atoms with Gasteiger partial charge in [-0.05, 0) is 57.0 Å². The number of amides is 1. The number of nitrogens with one attached hydrogen (secondary N) is 1. The number of aromatic nitrogens is 2. The van der Waals surface area contributed by atoms with Gasteiger partial charge in [0.25, 0.3) is 0 Å². The molecular weight excluding hydrogens is 364 g/mol. The lowest BCUT2D eigenvalue weighted by Crippen LogP contribution is -2.40. The van der Waals surface area contributed by atoms with Crippen molar-refractivity contribution in [1.29, 1.82) is 0 Å². The van der Waals surface area contributed by atoms with Crippen LogP contribution in [0.1, 0.15) is 29.9 Å². The van der Waals surface area contributed by atoms with Crippen LogP contribution in [0.25, 0.3) is 11.4 Å². The first-order valence-corrected chi connectivity index (χ1v) is 10.1. The van der Waals surface area contributed by atoms with E-state index in [1.807, 2.05) is 62.4 Å².